The maximum atomic E-state index is 12.8. The van der Waals surface area contributed by atoms with Crippen LogP contribution in [0, 0.1) is 5.92 Å². The number of benzene rings is 1. The number of nitrogens with zero attached hydrogens (tertiary/aromatic N) is 4. The van der Waals surface area contributed by atoms with Gasteiger partial charge in [0, 0.05) is 31.6 Å². The van der Waals surface area contributed by atoms with Crippen molar-refractivity contribution >= 4 is 21.3 Å². The van der Waals surface area contributed by atoms with Crippen molar-refractivity contribution in [3.05, 3.63) is 42.1 Å². The van der Waals surface area contributed by atoms with Crippen molar-refractivity contribution in [3.8, 4) is 0 Å². The summed E-state index contributed by atoms with van der Waals surface area (Å²) in [5, 5.41) is 7.14. The van der Waals surface area contributed by atoms with Crippen molar-refractivity contribution in [2.24, 2.45) is 5.92 Å². The molecule has 1 fully saturated rings. The molecule has 1 saturated heterocycles. The Hall–Kier alpha value is -2.36. The van der Waals surface area contributed by atoms with Gasteiger partial charge in [-0.1, -0.05) is 19.9 Å². The first kappa shape index (κ1) is 21.4. The van der Waals surface area contributed by atoms with Crippen LogP contribution in [0.5, 0.6) is 0 Å². The van der Waals surface area contributed by atoms with Gasteiger partial charge >= 0.3 is 6.18 Å². The lowest BCUT2D eigenvalue weighted by Crippen LogP contribution is -2.56. The van der Waals surface area contributed by atoms with Gasteiger partial charge in [0.15, 0.2) is 21.3 Å². The fraction of sp³-hybridized carbons (Fsp3) is 0.474. The highest BCUT2D eigenvalue weighted by molar-refractivity contribution is 7.90. The van der Waals surface area contributed by atoms with E-state index in [2.05, 4.69) is 15.1 Å². The molecule has 0 amide bonds. The van der Waals surface area contributed by atoms with Crippen LogP contribution in [0.2, 0.25) is 0 Å². The fourth-order valence-corrected chi connectivity index (χ4v) is 4.10. The van der Waals surface area contributed by atoms with E-state index < -0.39 is 21.7 Å². The highest BCUT2D eigenvalue weighted by Crippen LogP contribution is 2.30. The van der Waals surface area contributed by atoms with E-state index in [-0.39, 0.29) is 16.9 Å². The molecule has 0 N–H and O–H groups in total. The van der Waals surface area contributed by atoms with Gasteiger partial charge in [0.25, 0.3) is 0 Å². The molecule has 0 bridgehead atoms. The molecule has 2 heterocycles. The molecule has 3 rings (SSSR count). The van der Waals surface area contributed by atoms with Crippen LogP contribution in [-0.4, -0.2) is 50.5 Å². The molecule has 1 aliphatic rings. The quantitative estimate of drug-likeness (QED) is 0.745. The van der Waals surface area contributed by atoms with Crippen LogP contribution >= 0.6 is 0 Å². The lowest BCUT2D eigenvalue weighted by molar-refractivity contribution is -0.141. The number of hydrogen-bond donors (Lipinski definition) is 0. The van der Waals surface area contributed by atoms with Crippen LogP contribution in [0.25, 0.3) is 0 Å². The van der Waals surface area contributed by atoms with E-state index in [0.717, 1.165) is 11.8 Å². The largest absolute Gasteiger partial charge is 0.435 e. The summed E-state index contributed by atoms with van der Waals surface area (Å²) in [6.45, 7) is 5.77. The minimum atomic E-state index is -4.52. The number of rotatable bonds is 4. The maximum Gasteiger partial charge on any atom is 0.435 e. The number of piperazine rings is 1. The predicted octanol–water partition coefficient (Wildman–Crippen LogP) is 3.25. The molecular formula is C19H23F3N4O2S. The van der Waals surface area contributed by atoms with E-state index in [0.29, 0.717) is 25.5 Å². The van der Waals surface area contributed by atoms with Crippen molar-refractivity contribution < 1.29 is 21.6 Å². The minimum absolute atomic E-state index is 0.0170. The number of hydrogen-bond acceptors (Lipinski definition) is 6. The third-order valence-electron chi connectivity index (χ3n) is 5.03. The Labute approximate surface area is 168 Å². The average molecular weight is 428 g/mol. The molecular weight excluding hydrogens is 405 g/mol. The summed E-state index contributed by atoms with van der Waals surface area (Å²) in [6.07, 6.45) is -3.35. The summed E-state index contributed by atoms with van der Waals surface area (Å²) < 4.78 is 62.0. The highest BCUT2D eigenvalue weighted by Gasteiger charge is 2.35. The Bertz CT molecular complexity index is 962. The van der Waals surface area contributed by atoms with Crippen LogP contribution < -0.4 is 9.80 Å². The van der Waals surface area contributed by atoms with E-state index in [4.69, 9.17) is 0 Å². The lowest BCUT2D eigenvalue weighted by Gasteiger charge is -2.44. The molecule has 1 unspecified atom stereocenters. The van der Waals surface area contributed by atoms with Crippen LogP contribution in [0.4, 0.5) is 24.7 Å². The van der Waals surface area contributed by atoms with Gasteiger partial charge in [-0.05, 0) is 36.2 Å². The van der Waals surface area contributed by atoms with Gasteiger partial charge in [-0.3, -0.25) is 0 Å². The molecule has 0 radical (unpaired) electrons. The zero-order valence-corrected chi connectivity index (χ0v) is 17.2. The second-order valence-electron chi connectivity index (χ2n) is 7.49. The van der Waals surface area contributed by atoms with E-state index in [1.165, 1.54) is 12.3 Å². The van der Waals surface area contributed by atoms with Crippen LogP contribution in [-0.2, 0) is 16.0 Å². The second-order valence-corrected chi connectivity index (χ2v) is 9.51. The van der Waals surface area contributed by atoms with Gasteiger partial charge in [0.1, 0.15) is 0 Å². The van der Waals surface area contributed by atoms with Gasteiger partial charge in [-0.15, -0.1) is 10.2 Å². The number of sulfone groups is 1. The summed E-state index contributed by atoms with van der Waals surface area (Å²) in [6, 6.07) is 9.07. The summed E-state index contributed by atoms with van der Waals surface area (Å²) in [5.74, 6) is 0.598. The molecule has 158 valence electrons. The van der Waals surface area contributed by atoms with Crippen molar-refractivity contribution in [2.75, 3.05) is 35.7 Å². The summed E-state index contributed by atoms with van der Waals surface area (Å²) in [4.78, 5) is 4.31. The van der Waals surface area contributed by atoms with Crippen molar-refractivity contribution in [1.82, 2.24) is 10.2 Å². The minimum Gasteiger partial charge on any atom is -0.368 e. The van der Waals surface area contributed by atoms with Crippen molar-refractivity contribution in [2.45, 2.75) is 31.0 Å². The summed E-state index contributed by atoms with van der Waals surface area (Å²) in [5.41, 5.74) is -0.213. The molecule has 1 atom stereocenters. The zero-order chi connectivity index (χ0) is 21.4. The lowest BCUT2D eigenvalue weighted by atomic mass is 9.99. The van der Waals surface area contributed by atoms with E-state index in [1.807, 2.05) is 24.8 Å². The normalized spacial score (nSPS) is 18.4. The second kappa shape index (κ2) is 7.81. The maximum absolute atomic E-state index is 12.8. The van der Waals surface area contributed by atoms with Gasteiger partial charge in [0.2, 0.25) is 0 Å². The van der Waals surface area contributed by atoms with Crippen molar-refractivity contribution in [1.29, 1.82) is 0 Å². The van der Waals surface area contributed by atoms with Gasteiger partial charge in [-0.2, -0.15) is 13.2 Å². The molecule has 1 aliphatic heterocycles. The average Bonchev–Trinajstić information content (AvgIpc) is 2.66. The molecule has 2 aromatic rings. The Morgan fingerprint density at radius 3 is 2.38 bits per heavy atom. The molecule has 29 heavy (non-hydrogen) atoms. The van der Waals surface area contributed by atoms with E-state index >= 15 is 0 Å². The first-order chi connectivity index (χ1) is 13.5. The van der Waals surface area contributed by atoms with Gasteiger partial charge in [0.05, 0.1) is 10.9 Å². The first-order valence-corrected chi connectivity index (χ1v) is 11.1. The van der Waals surface area contributed by atoms with Gasteiger partial charge < -0.3 is 9.80 Å². The molecule has 0 spiro atoms. The molecule has 0 saturated carbocycles. The number of halogens is 3. The molecule has 1 aromatic heterocycles. The third kappa shape index (κ3) is 4.80. The van der Waals surface area contributed by atoms with Crippen molar-refractivity contribution in [3.63, 3.8) is 0 Å². The van der Waals surface area contributed by atoms with E-state index in [1.54, 1.807) is 18.2 Å². The topological polar surface area (TPSA) is 66.4 Å². The molecule has 6 nitrogen and oxygen atoms in total. The number of anilines is 2. The number of alkyl halides is 3. The fourth-order valence-electron chi connectivity index (χ4n) is 3.44. The SMILES string of the molecule is CC(C)C1CN(c2cccc(S(C)(=O)=O)c2)CCN1c1ccc(C(F)(F)F)nn1. The monoisotopic (exact) mass is 428 g/mol. The third-order valence-corrected chi connectivity index (χ3v) is 6.14. The van der Waals surface area contributed by atoms with Gasteiger partial charge in [-0.25, -0.2) is 8.42 Å². The summed E-state index contributed by atoms with van der Waals surface area (Å²) >= 11 is 0. The standard InChI is InChI=1S/C19H23F3N4O2S/c1-13(2)16-12-25(14-5-4-6-15(11-14)29(3,27)28)9-10-26(16)18-8-7-17(23-24-18)19(20,21)22/h4-8,11,13,16H,9-10,12H2,1-3H3. The smallest absolute Gasteiger partial charge is 0.368 e. The molecule has 1 aromatic carbocycles. The van der Waals surface area contributed by atoms with E-state index in [9.17, 15) is 21.6 Å². The highest BCUT2D eigenvalue weighted by atomic mass is 32.2. The van der Waals surface area contributed by atoms with Crippen LogP contribution in [0.3, 0.4) is 0 Å². The van der Waals surface area contributed by atoms with Crippen LogP contribution in [0.1, 0.15) is 19.5 Å². The Morgan fingerprint density at radius 2 is 1.83 bits per heavy atom. The Morgan fingerprint density at radius 1 is 1.10 bits per heavy atom. The molecule has 10 heteroatoms. The van der Waals surface area contributed by atoms with Crippen LogP contribution in [0.15, 0.2) is 41.3 Å². The predicted molar refractivity (Wildman–Crippen MR) is 105 cm³/mol. The molecule has 0 aliphatic carbocycles. The summed E-state index contributed by atoms with van der Waals surface area (Å²) in [7, 11) is -3.31. The first-order valence-electron chi connectivity index (χ1n) is 9.19. The Kier molecular flexibility index (Phi) is 5.75. The number of aromatic nitrogens is 2. The Balaban J connectivity index is 1.84. The zero-order valence-electron chi connectivity index (χ0n) is 16.4.